The average Bonchev–Trinajstić information content (AvgIpc) is 2.93. The van der Waals surface area contributed by atoms with Gasteiger partial charge in [0.15, 0.2) is 5.82 Å². The van der Waals surface area contributed by atoms with Crippen molar-refractivity contribution >= 4 is 17.5 Å². The van der Waals surface area contributed by atoms with Gasteiger partial charge in [0.2, 0.25) is 0 Å². The minimum Gasteiger partial charge on any atom is -0.478 e. The van der Waals surface area contributed by atoms with Crippen molar-refractivity contribution in [2.75, 3.05) is 24.2 Å². The molecule has 0 aliphatic heterocycles. The topological polar surface area (TPSA) is 79.5 Å². The molecule has 1 saturated carbocycles. The van der Waals surface area contributed by atoms with Gasteiger partial charge >= 0.3 is 5.97 Å². The number of hydrogen-bond donors (Lipinski definition) is 2. The maximum absolute atomic E-state index is 10.8. The van der Waals surface area contributed by atoms with Crippen LogP contribution in [0.4, 0.5) is 11.5 Å². The molecule has 1 heterocycles. The van der Waals surface area contributed by atoms with E-state index >= 15 is 0 Å². The summed E-state index contributed by atoms with van der Waals surface area (Å²) in [5.41, 5.74) is 6.37. The van der Waals surface area contributed by atoms with Gasteiger partial charge in [-0.2, -0.15) is 0 Å². The van der Waals surface area contributed by atoms with Gasteiger partial charge in [-0.15, -0.1) is 0 Å². The van der Waals surface area contributed by atoms with Crippen LogP contribution in [0.3, 0.4) is 0 Å². The Balaban J connectivity index is 2.12. The number of carboxylic acids is 1. The van der Waals surface area contributed by atoms with Crippen LogP contribution in [0.1, 0.15) is 23.7 Å². The summed E-state index contributed by atoms with van der Waals surface area (Å²) in [5.74, 6) is 1.14. The number of pyridine rings is 1. The van der Waals surface area contributed by atoms with Gasteiger partial charge in [-0.05, 0) is 24.3 Å². The number of aromatic carboxylic acids is 1. The summed E-state index contributed by atoms with van der Waals surface area (Å²) in [5, 5.41) is 8.82. The summed E-state index contributed by atoms with van der Waals surface area (Å²) < 4.78 is 0. The minimum atomic E-state index is -1.01. The van der Waals surface area contributed by atoms with Crippen molar-refractivity contribution in [3.8, 4) is 0 Å². The third-order valence-electron chi connectivity index (χ3n) is 3.29. The molecule has 92 valence electrons. The Hall–Kier alpha value is -1.78. The van der Waals surface area contributed by atoms with Gasteiger partial charge in [-0.1, -0.05) is 6.92 Å². The van der Waals surface area contributed by atoms with Gasteiger partial charge in [0.1, 0.15) is 0 Å². The van der Waals surface area contributed by atoms with Gasteiger partial charge in [-0.25, -0.2) is 9.78 Å². The molecule has 0 amide bonds. The van der Waals surface area contributed by atoms with E-state index in [1.165, 1.54) is 18.7 Å². The van der Waals surface area contributed by atoms with Crippen LogP contribution >= 0.6 is 0 Å². The summed E-state index contributed by atoms with van der Waals surface area (Å²) in [6.07, 6.45) is 2.60. The molecule has 2 atom stereocenters. The van der Waals surface area contributed by atoms with Crippen LogP contribution in [-0.4, -0.2) is 29.7 Å². The van der Waals surface area contributed by atoms with Crippen LogP contribution < -0.4 is 10.6 Å². The molecule has 3 N–H and O–H groups in total. The molecule has 5 heteroatoms. The molecule has 0 aromatic carbocycles. The standard InChI is InChI=1S/C12H17N3O2/c1-7-3-9(7)6-15(2)11-10(13)4-8(5-14-11)12(16)17/h4-5,7,9H,3,6,13H2,1-2H3,(H,16,17). The number of carbonyl (C=O) groups is 1. The van der Waals surface area contributed by atoms with Crippen LogP contribution in [0.2, 0.25) is 0 Å². The average molecular weight is 235 g/mol. The highest BCUT2D eigenvalue weighted by Gasteiger charge is 2.33. The molecule has 2 unspecified atom stereocenters. The van der Waals surface area contributed by atoms with Gasteiger partial charge in [0.25, 0.3) is 0 Å². The SMILES string of the molecule is CC1CC1CN(C)c1ncc(C(=O)O)cc1N. The molecule has 1 aromatic heterocycles. The quantitative estimate of drug-likeness (QED) is 0.825. The Morgan fingerprint density at radius 1 is 1.71 bits per heavy atom. The van der Waals surface area contributed by atoms with Gasteiger partial charge in [0.05, 0.1) is 11.3 Å². The Morgan fingerprint density at radius 3 is 2.82 bits per heavy atom. The van der Waals surface area contributed by atoms with E-state index in [4.69, 9.17) is 10.8 Å². The molecule has 1 aliphatic carbocycles. The van der Waals surface area contributed by atoms with Crippen LogP contribution in [0.5, 0.6) is 0 Å². The zero-order valence-corrected chi connectivity index (χ0v) is 10.1. The fourth-order valence-electron chi connectivity index (χ4n) is 2.00. The number of hydrogen-bond acceptors (Lipinski definition) is 4. The van der Waals surface area contributed by atoms with E-state index in [0.29, 0.717) is 17.4 Å². The first kappa shape index (κ1) is 11.7. The van der Waals surface area contributed by atoms with Gasteiger partial charge in [-0.3, -0.25) is 0 Å². The van der Waals surface area contributed by atoms with E-state index in [9.17, 15) is 4.79 Å². The molecule has 0 spiro atoms. The number of aromatic nitrogens is 1. The number of nitrogens with two attached hydrogens (primary N) is 1. The van der Waals surface area contributed by atoms with Crippen molar-refractivity contribution in [3.05, 3.63) is 17.8 Å². The zero-order chi connectivity index (χ0) is 12.6. The molecule has 1 aliphatic rings. The monoisotopic (exact) mass is 235 g/mol. The van der Waals surface area contributed by atoms with Crippen molar-refractivity contribution < 1.29 is 9.90 Å². The lowest BCUT2D eigenvalue weighted by Crippen LogP contribution is -2.23. The highest BCUT2D eigenvalue weighted by atomic mass is 16.4. The zero-order valence-electron chi connectivity index (χ0n) is 10.1. The van der Waals surface area contributed by atoms with E-state index in [1.54, 1.807) is 0 Å². The van der Waals surface area contributed by atoms with Crippen molar-refractivity contribution in [2.45, 2.75) is 13.3 Å². The number of anilines is 2. The predicted octanol–water partition coefficient (Wildman–Crippen LogP) is 1.45. The largest absolute Gasteiger partial charge is 0.478 e. The summed E-state index contributed by atoms with van der Waals surface area (Å²) in [7, 11) is 1.93. The number of nitrogen functional groups attached to an aromatic ring is 1. The van der Waals surface area contributed by atoms with Crippen molar-refractivity contribution in [1.82, 2.24) is 4.98 Å². The summed E-state index contributed by atoms with van der Waals surface area (Å²) in [4.78, 5) is 16.9. The van der Waals surface area contributed by atoms with E-state index in [0.717, 1.165) is 12.5 Å². The summed E-state index contributed by atoms with van der Waals surface area (Å²) in [6.45, 7) is 3.15. The number of rotatable bonds is 4. The summed E-state index contributed by atoms with van der Waals surface area (Å²) >= 11 is 0. The molecular weight excluding hydrogens is 218 g/mol. The second kappa shape index (κ2) is 4.24. The van der Waals surface area contributed by atoms with Gasteiger partial charge in [0, 0.05) is 19.8 Å². The fourth-order valence-corrected chi connectivity index (χ4v) is 2.00. The Kier molecular flexibility index (Phi) is 2.92. The Labute approximate surface area is 100 Å². The highest BCUT2D eigenvalue weighted by Crippen LogP contribution is 2.38. The van der Waals surface area contributed by atoms with Crippen LogP contribution in [0.15, 0.2) is 12.3 Å². The first-order valence-electron chi connectivity index (χ1n) is 5.69. The molecule has 1 fully saturated rings. The maximum Gasteiger partial charge on any atom is 0.337 e. The molecule has 1 aromatic rings. The third kappa shape index (κ3) is 2.49. The smallest absolute Gasteiger partial charge is 0.337 e. The predicted molar refractivity (Wildman–Crippen MR) is 66.1 cm³/mol. The fraction of sp³-hybridized carbons (Fsp3) is 0.500. The third-order valence-corrected chi connectivity index (χ3v) is 3.29. The van der Waals surface area contributed by atoms with Crippen LogP contribution in [-0.2, 0) is 0 Å². The maximum atomic E-state index is 10.8. The second-order valence-electron chi connectivity index (χ2n) is 4.80. The molecule has 5 nitrogen and oxygen atoms in total. The second-order valence-corrected chi connectivity index (χ2v) is 4.80. The van der Waals surface area contributed by atoms with Crippen molar-refractivity contribution in [1.29, 1.82) is 0 Å². The minimum absolute atomic E-state index is 0.124. The van der Waals surface area contributed by atoms with E-state index in [-0.39, 0.29) is 5.56 Å². The lowest BCUT2D eigenvalue weighted by atomic mass is 10.2. The van der Waals surface area contributed by atoms with Crippen molar-refractivity contribution in [2.24, 2.45) is 11.8 Å². The van der Waals surface area contributed by atoms with Crippen molar-refractivity contribution in [3.63, 3.8) is 0 Å². The molecule has 0 bridgehead atoms. The van der Waals surface area contributed by atoms with Crippen LogP contribution in [0, 0.1) is 11.8 Å². The van der Waals surface area contributed by atoms with Crippen LogP contribution in [0.25, 0.3) is 0 Å². The first-order chi connectivity index (χ1) is 7.99. The molecule has 0 saturated heterocycles. The van der Waals surface area contributed by atoms with E-state index < -0.39 is 5.97 Å². The molecule has 17 heavy (non-hydrogen) atoms. The normalized spacial score (nSPS) is 22.2. The number of nitrogens with zero attached hydrogens (tertiary/aromatic N) is 2. The Bertz CT molecular complexity index is 447. The first-order valence-corrected chi connectivity index (χ1v) is 5.69. The molecular formula is C12H17N3O2. The summed E-state index contributed by atoms with van der Waals surface area (Å²) in [6, 6.07) is 1.46. The highest BCUT2D eigenvalue weighted by molar-refractivity contribution is 5.89. The Morgan fingerprint density at radius 2 is 2.35 bits per heavy atom. The lowest BCUT2D eigenvalue weighted by molar-refractivity contribution is 0.0696. The number of carboxylic acid groups (broad SMARTS) is 1. The van der Waals surface area contributed by atoms with E-state index in [1.807, 2.05) is 11.9 Å². The molecule has 0 radical (unpaired) electrons. The van der Waals surface area contributed by atoms with Gasteiger partial charge < -0.3 is 15.7 Å². The lowest BCUT2D eigenvalue weighted by Gasteiger charge is -2.19. The molecule has 2 rings (SSSR count). The van der Waals surface area contributed by atoms with E-state index in [2.05, 4.69) is 11.9 Å².